The first-order chi connectivity index (χ1) is 0. The zero-order chi connectivity index (χ0) is 0. The zero-order valence-corrected chi connectivity index (χ0v) is 7.11. The van der Waals surface area contributed by atoms with Crippen molar-refractivity contribution in [2.45, 2.75) is 0 Å². The molecule has 0 unspecified atom stereocenters. The Labute approximate surface area is 64.0 Å². The molecule has 0 atom stereocenters. The van der Waals surface area contributed by atoms with Crippen molar-refractivity contribution in [3.05, 3.63) is 0 Å². The molecule has 0 aliphatic carbocycles. The molecule has 4 heteroatoms. The average molecular weight is 253 g/mol. The Kier molecular flexibility index (Phi) is 212. The summed E-state index contributed by atoms with van der Waals surface area (Å²) in [5.41, 5.74) is 0. The van der Waals surface area contributed by atoms with E-state index in [-0.39, 0.29) is 64.4 Å². The second-order valence-electron chi connectivity index (χ2n) is 0. The molecule has 0 N–H and O–H groups in total. The number of hydrogen-bond donors (Lipinski definition) is 0. The summed E-state index contributed by atoms with van der Waals surface area (Å²) < 4.78 is 0. The van der Waals surface area contributed by atoms with Crippen LogP contribution in [0.15, 0.2) is 0 Å². The van der Waals surface area contributed by atoms with E-state index >= 15 is 0 Å². The monoisotopic (exact) mass is 250 g/mol. The Morgan fingerprint density at radius 1 is 1.00 bits per heavy atom. The van der Waals surface area contributed by atoms with E-state index in [0.717, 1.165) is 0 Å². The van der Waals surface area contributed by atoms with Crippen LogP contribution in [-0.4, -0.2) is 0 Å². The minimum atomic E-state index is 0. The maximum atomic E-state index is 0. The standard InChI is InChI=1S/Ag.Cu.O.Zn/q+1;+2;-2;+2. The molecular formula is AgCuOZn+3. The molecular weight excluding hydrogens is 253 g/mol. The van der Waals surface area contributed by atoms with Gasteiger partial charge in [0, 0.05) is 0 Å². The van der Waals surface area contributed by atoms with E-state index in [9.17, 15) is 0 Å². The van der Waals surface area contributed by atoms with Gasteiger partial charge < -0.3 is 5.48 Å². The Morgan fingerprint density at radius 3 is 1.00 bits per heavy atom. The Hall–Kier alpha value is 1.84. The van der Waals surface area contributed by atoms with Crippen molar-refractivity contribution in [1.82, 2.24) is 0 Å². The first-order valence-electron chi connectivity index (χ1n) is 0. The van der Waals surface area contributed by atoms with E-state index in [1.54, 1.807) is 0 Å². The van der Waals surface area contributed by atoms with Gasteiger partial charge in [0.15, 0.2) is 0 Å². The molecule has 0 aliphatic rings. The summed E-state index contributed by atoms with van der Waals surface area (Å²) in [7, 11) is 0. The van der Waals surface area contributed by atoms with Gasteiger partial charge in [-0.05, 0) is 0 Å². The van der Waals surface area contributed by atoms with Gasteiger partial charge in [-0.2, -0.15) is 0 Å². The van der Waals surface area contributed by atoms with Crippen LogP contribution in [0, 0.1) is 0 Å². The van der Waals surface area contributed by atoms with Crippen LogP contribution in [0.2, 0.25) is 0 Å². The molecule has 0 saturated carbocycles. The van der Waals surface area contributed by atoms with Gasteiger partial charge in [0.2, 0.25) is 0 Å². The second kappa shape index (κ2) is 21.1. The van der Waals surface area contributed by atoms with Gasteiger partial charge in [-0.3, -0.25) is 0 Å². The molecule has 0 aromatic heterocycles. The summed E-state index contributed by atoms with van der Waals surface area (Å²) in [6.07, 6.45) is 0. The zero-order valence-electron chi connectivity index (χ0n) is 1.72. The summed E-state index contributed by atoms with van der Waals surface area (Å²) in [5.74, 6) is 0. The van der Waals surface area contributed by atoms with Crippen molar-refractivity contribution >= 4 is 0 Å². The average Bonchev–Trinajstić information content (AvgIpc) is 0. The summed E-state index contributed by atoms with van der Waals surface area (Å²) >= 11 is 0. The molecule has 0 amide bonds. The largest absolute Gasteiger partial charge is 2.00 e. The Balaban J connectivity index is 0. The first-order valence-corrected chi connectivity index (χ1v) is 0. The van der Waals surface area contributed by atoms with Crippen LogP contribution in [0.1, 0.15) is 0 Å². The van der Waals surface area contributed by atoms with Crippen molar-refractivity contribution in [1.29, 1.82) is 0 Å². The van der Waals surface area contributed by atoms with E-state index in [0.29, 0.717) is 0 Å². The minimum absolute atomic E-state index is 0. The number of hydrogen-bond acceptors (Lipinski definition) is 0. The topological polar surface area (TPSA) is 28.5 Å². The van der Waals surface area contributed by atoms with Crippen molar-refractivity contribution in [2.24, 2.45) is 0 Å². The number of rotatable bonds is 0. The van der Waals surface area contributed by atoms with Crippen molar-refractivity contribution in [2.75, 3.05) is 0 Å². The van der Waals surface area contributed by atoms with Gasteiger partial charge >= 0.3 is 58.9 Å². The van der Waals surface area contributed by atoms with Crippen LogP contribution in [0.4, 0.5) is 0 Å². The van der Waals surface area contributed by atoms with Gasteiger partial charge in [-0.15, -0.1) is 0 Å². The van der Waals surface area contributed by atoms with Crippen LogP contribution < -0.4 is 0 Å². The molecule has 0 heterocycles. The molecule has 0 aromatic carbocycles. The molecule has 1 radical (unpaired) electrons. The third kappa shape index (κ3) is 9.14. The van der Waals surface area contributed by atoms with Crippen molar-refractivity contribution < 1.29 is 64.4 Å². The molecule has 0 bridgehead atoms. The Bertz CT molecular complexity index is 8.00. The quantitative estimate of drug-likeness (QED) is 0.538. The molecule has 0 fully saturated rings. The third-order valence-electron chi connectivity index (χ3n) is 0. The van der Waals surface area contributed by atoms with Gasteiger partial charge in [0.1, 0.15) is 0 Å². The van der Waals surface area contributed by atoms with E-state index in [4.69, 9.17) is 0 Å². The molecule has 0 spiro atoms. The fourth-order valence-electron chi connectivity index (χ4n) is 0. The summed E-state index contributed by atoms with van der Waals surface area (Å²) in [4.78, 5) is 0. The van der Waals surface area contributed by atoms with E-state index < -0.39 is 0 Å². The van der Waals surface area contributed by atoms with Crippen molar-refractivity contribution in [3.63, 3.8) is 0 Å². The summed E-state index contributed by atoms with van der Waals surface area (Å²) in [5, 5.41) is 0. The molecule has 4 heavy (non-hydrogen) atoms. The molecule has 0 aromatic rings. The van der Waals surface area contributed by atoms with Crippen LogP contribution in [-0.2, 0) is 64.4 Å². The SMILES string of the molecule is [Ag+].[Cu+2].[O-2].[Zn+2]. The van der Waals surface area contributed by atoms with Crippen LogP contribution in [0.25, 0.3) is 0 Å². The van der Waals surface area contributed by atoms with Gasteiger partial charge in [-0.1, -0.05) is 0 Å². The molecule has 1 nitrogen and oxygen atoms in total. The third-order valence-corrected chi connectivity index (χ3v) is 0. The van der Waals surface area contributed by atoms with E-state index in [2.05, 4.69) is 0 Å². The van der Waals surface area contributed by atoms with Gasteiger partial charge in [-0.25, -0.2) is 0 Å². The van der Waals surface area contributed by atoms with Crippen LogP contribution in [0.5, 0.6) is 0 Å². The Morgan fingerprint density at radius 2 is 1.00 bits per heavy atom. The maximum absolute atomic E-state index is 0. The van der Waals surface area contributed by atoms with Gasteiger partial charge in [0.25, 0.3) is 0 Å². The predicted molar refractivity (Wildman–Crippen MR) is 0.686 cm³/mol. The summed E-state index contributed by atoms with van der Waals surface area (Å²) in [6.45, 7) is 0. The molecule has 0 rings (SSSR count). The summed E-state index contributed by atoms with van der Waals surface area (Å²) in [6, 6.07) is 0. The fourth-order valence-corrected chi connectivity index (χ4v) is 0. The smallest absolute Gasteiger partial charge is 2.00 e. The van der Waals surface area contributed by atoms with Crippen LogP contribution in [0.3, 0.4) is 0 Å². The predicted octanol–water partition coefficient (Wildman–Crippen LogP) is -0.126. The van der Waals surface area contributed by atoms with E-state index in [1.807, 2.05) is 0 Å². The van der Waals surface area contributed by atoms with Crippen molar-refractivity contribution in [3.8, 4) is 0 Å². The molecule has 0 aliphatic heterocycles. The van der Waals surface area contributed by atoms with Gasteiger partial charge in [0.05, 0.1) is 0 Å². The first kappa shape index (κ1) is 40.3. The molecule has 27 valence electrons. The second-order valence-corrected chi connectivity index (χ2v) is 0. The normalized spacial score (nSPS) is 0. The maximum Gasteiger partial charge on any atom is 2.00 e. The van der Waals surface area contributed by atoms with Crippen LogP contribution >= 0.6 is 0 Å². The van der Waals surface area contributed by atoms with E-state index in [1.165, 1.54) is 0 Å². The fraction of sp³-hybridized carbons (Fsp3) is 0. The minimum Gasteiger partial charge on any atom is -2.00 e. The molecule has 0 saturated heterocycles.